The number of thiazole rings is 1. The fourth-order valence-corrected chi connectivity index (χ4v) is 4.89. The van der Waals surface area contributed by atoms with Gasteiger partial charge in [-0.3, -0.25) is 14.4 Å². The number of oxime groups is 1. The van der Waals surface area contributed by atoms with Crippen molar-refractivity contribution in [3.8, 4) is 0 Å². The molecule has 13 nitrogen and oxygen atoms in total. The maximum atomic E-state index is 12.6. The number of nitrogen functional groups attached to an aromatic ring is 1. The van der Waals surface area contributed by atoms with Crippen LogP contribution in [0.25, 0.3) is 0 Å². The van der Waals surface area contributed by atoms with Crippen molar-refractivity contribution in [2.75, 3.05) is 19.5 Å². The van der Waals surface area contributed by atoms with Crippen molar-refractivity contribution < 1.29 is 66.5 Å². The van der Waals surface area contributed by atoms with Crippen LogP contribution in [0.15, 0.2) is 28.0 Å². The number of carbonyl (C=O) groups excluding carboxylic acids is 3. The van der Waals surface area contributed by atoms with Crippen molar-refractivity contribution >= 4 is 61.6 Å². The third-order valence-corrected chi connectivity index (χ3v) is 6.66. The van der Waals surface area contributed by atoms with E-state index in [-0.39, 0.29) is 56.8 Å². The van der Waals surface area contributed by atoms with Gasteiger partial charge in [0.1, 0.15) is 31.5 Å². The number of anilines is 1. The van der Waals surface area contributed by atoms with Gasteiger partial charge < -0.3 is 25.2 Å². The zero-order valence-corrected chi connectivity index (χ0v) is 21.7. The molecule has 0 bridgehead atoms. The number of esters is 1. The topological polar surface area (TPSA) is 193 Å². The molecule has 172 valence electrons. The number of nitrogens with two attached hydrogens (primary N) is 1. The van der Waals surface area contributed by atoms with E-state index in [1.807, 2.05) is 0 Å². The molecule has 1 aliphatic heterocycles. The molecule has 1 aliphatic rings. The number of amides is 2. The summed E-state index contributed by atoms with van der Waals surface area (Å²) in [6, 6.07) is 0.562. The molecule has 2 amide bonds. The molecule has 0 aromatic carbocycles. The van der Waals surface area contributed by atoms with Crippen LogP contribution in [0.3, 0.4) is 0 Å². The molecule has 1 saturated heterocycles. The van der Waals surface area contributed by atoms with Crippen LogP contribution in [-0.2, 0) is 40.7 Å². The second-order valence-electron chi connectivity index (χ2n) is 6.24. The third kappa shape index (κ3) is 6.50. The molecule has 0 unspecified atom stereocenters. The van der Waals surface area contributed by atoms with E-state index in [1.54, 1.807) is 17.5 Å². The van der Waals surface area contributed by atoms with Crippen LogP contribution >= 0.6 is 22.7 Å². The van der Waals surface area contributed by atoms with Crippen molar-refractivity contribution in [3.63, 3.8) is 0 Å². The number of hydrogen-bond acceptors (Lipinski definition) is 13. The van der Waals surface area contributed by atoms with Crippen molar-refractivity contribution in [1.82, 2.24) is 14.6 Å². The molecule has 2 atom stereocenters. The van der Waals surface area contributed by atoms with E-state index in [9.17, 15) is 27.4 Å². The zero-order chi connectivity index (χ0) is 23.5. The number of ether oxygens (including phenoxy) is 1. The van der Waals surface area contributed by atoms with Crippen LogP contribution in [0.4, 0.5) is 5.13 Å². The molecule has 1 fully saturated rings. The summed E-state index contributed by atoms with van der Waals surface area (Å²) in [6.45, 7) is -0.622. The fraction of sp³-hybridized carbons (Fsp3) is 0.312. The molecule has 3 heterocycles. The van der Waals surface area contributed by atoms with Gasteiger partial charge in [-0.25, -0.2) is 17.7 Å². The summed E-state index contributed by atoms with van der Waals surface area (Å²) in [6.07, 6.45) is -0.0740. The number of rotatable bonds is 9. The van der Waals surface area contributed by atoms with Gasteiger partial charge in [-0.1, -0.05) is 11.2 Å². The van der Waals surface area contributed by atoms with Crippen LogP contribution in [0.5, 0.6) is 0 Å². The van der Waals surface area contributed by atoms with Crippen molar-refractivity contribution in [2.45, 2.75) is 18.5 Å². The minimum atomic E-state index is -5.20. The first kappa shape index (κ1) is 27.2. The minimum absolute atomic E-state index is 0. The second kappa shape index (κ2) is 11.4. The Hall–Kier alpha value is -2.08. The number of aromatic nitrogens is 1. The number of carbonyl (C=O) groups is 3. The molecule has 0 spiro atoms. The molecular weight excluding hydrogens is 509 g/mol. The summed E-state index contributed by atoms with van der Waals surface area (Å²) in [4.78, 5) is 46.2. The molecule has 33 heavy (non-hydrogen) atoms. The van der Waals surface area contributed by atoms with Gasteiger partial charge in [0.2, 0.25) is 0 Å². The summed E-state index contributed by atoms with van der Waals surface area (Å²) >= 11 is 2.35. The average molecular weight is 526 g/mol. The zero-order valence-electron chi connectivity index (χ0n) is 17.3. The van der Waals surface area contributed by atoms with Gasteiger partial charge in [0, 0.05) is 10.3 Å². The standard InChI is InChI=1S/C16H17N5O8S3.Na/c1-28-20-12(9-7-31-16(17)18-9)14(23)19-13-10(21(15(13)24)32(25,26)27)6-29-11(22)5-8-3-2-4-30-8;/h2-4,7,10,13H,5-6H2,1H3,(H2,17,18)(H,19,23)(H,25,26,27);/q;+1/p-1/t10-,13+;/m1./s1. The molecule has 2 aromatic rings. The molecule has 3 N–H and O–H groups in total. The molecule has 0 radical (unpaired) electrons. The van der Waals surface area contributed by atoms with Gasteiger partial charge in [0.15, 0.2) is 21.1 Å². The number of nitrogens with zero attached hydrogens (tertiary/aromatic N) is 3. The van der Waals surface area contributed by atoms with E-state index in [1.165, 1.54) is 23.8 Å². The quantitative estimate of drug-likeness (QED) is 0.0816. The first-order valence-corrected chi connectivity index (χ1v) is 11.8. The predicted molar refractivity (Wildman–Crippen MR) is 111 cm³/mol. The number of β-lactam (4-membered cyclic amide) rings is 1. The van der Waals surface area contributed by atoms with Crippen LogP contribution < -0.4 is 40.6 Å². The van der Waals surface area contributed by atoms with E-state index in [4.69, 9.17) is 10.5 Å². The van der Waals surface area contributed by atoms with Crippen molar-refractivity contribution in [3.05, 3.63) is 33.5 Å². The number of nitrogens with one attached hydrogen (secondary N) is 1. The first-order chi connectivity index (χ1) is 15.1. The SMILES string of the molecule is CON=C(C(=O)N[C@@H]1C(=O)N(S(=O)(=O)[O-])[C@@H]1COC(=O)Cc1cccs1)c1csc(N)n1.[Na+]. The Morgan fingerprint density at radius 2 is 2.12 bits per heavy atom. The smallest absolute Gasteiger partial charge is 0.731 e. The summed E-state index contributed by atoms with van der Waals surface area (Å²) in [7, 11) is -4.02. The van der Waals surface area contributed by atoms with Crippen molar-refractivity contribution in [2.24, 2.45) is 5.16 Å². The van der Waals surface area contributed by atoms with Gasteiger partial charge in [0.05, 0.1) is 6.42 Å². The van der Waals surface area contributed by atoms with E-state index in [2.05, 4.69) is 20.3 Å². The maximum absolute atomic E-state index is 12.6. The normalized spacial score (nSPS) is 18.2. The van der Waals surface area contributed by atoms with Gasteiger partial charge in [-0.15, -0.1) is 22.7 Å². The van der Waals surface area contributed by atoms with Gasteiger partial charge in [-0.2, -0.15) is 0 Å². The summed E-state index contributed by atoms with van der Waals surface area (Å²) in [5, 5.41) is 9.16. The predicted octanol–water partition coefficient (Wildman–Crippen LogP) is -3.92. The first-order valence-electron chi connectivity index (χ1n) is 8.72. The second-order valence-corrected chi connectivity index (χ2v) is 9.41. The Morgan fingerprint density at radius 1 is 1.39 bits per heavy atom. The Kier molecular flexibility index (Phi) is 9.36. The van der Waals surface area contributed by atoms with Gasteiger partial charge in [0.25, 0.3) is 11.8 Å². The van der Waals surface area contributed by atoms with Crippen LogP contribution in [0.2, 0.25) is 0 Å². The molecule has 17 heteroatoms. The Labute approximate surface area is 218 Å². The fourth-order valence-electron chi connectivity index (χ4n) is 2.80. The van der Waals surface area contributed by atoms with Crippen LogP contribution in [-0.4, -0.2) is 71.6 Å². The van der Waals surface area contributed by atoms with E-state index < -0.39 is 46.8 Å². The van der Waals surface area contributed by atoms with E-state index in [0.717, 1.165) is 11.3 Å². The van der Waals surface area contributed by atoms with Crippen LogP contribution in [0.1, 0.15) is 10.6 Å². The summed E-state index contributed by atoms with van der Waals surface area (Å²) < 4.78 is 39.4. The van der Waals surface area contributed by atoms with Gasteiger partial charge >= 0.3 is 35.5 Å². The van der Waals surface area contributed by atoms with Crippen LogP contribution in [0, 0.1) is 0 Å². The molecule has 2 aromatic heterocycles. The summed E-state index contributed by atoms with van der Waals surface area (Å²) in [5.41, 5.74) is 5.28. The van der Waals surface area contributed by atoms with Gasteiger partial charge in [-0.05, 0) is 11.4 Å². The molecule has 0 saturated carbocycles. The average Bonchev–Trinajstić information content (AvgIpc) is 3.37. The van der Waals surface area contributed by atoms with E-state index in [0.29, 0.717) is 4.88 Å². The molecular formula is C16H16N5NaO8S3. The monoisotopic (exact) mass is 525 g/mol. The number of thiophene rings is 1. The Morgan fingerprint density at radius 3 is 2.67 bits per heavy atom. The van der Waals surface area contributed by atoms with Crippen molar-refractivity contribution in [1.29, 1.82) is 0 Å². The summed E-state index contributed by atoms with van der Waals surface area (Å²) in [5.74, 6) is -2.81. The Balaban J connectivity index is 0.00000385. The molecule has 3 rings (SSSR count). The minimum Gasteiger partial charge on any atom is -0.731 e. The maximum Gasteiger partial charge on any atom is 1.00 e. The number of hydrogen-bond donors (Lipinski definition) is 2. The molecule has 0 aliphatic carbocycles. The largest absolute Gasteiger partial charge is 1.00 e. The van der Waals surface area contributed by atoms with E-state index >= 15 is 0 Å². The third-order valence-electron chi connectivity index (χ3n) is 4.17. The Bertz CT molecular complexity index is 1150.